The van der Waals surface area contributed by atoms with Crippen LogP contribution >= 0.6 is 0 Å². The van der Waals surface area contributed by atoms with E-state index in [1.165, 1.54) is 0 Å². The van der Waals surface area contributed by atoms with Crippen molar-refractivity contribution in [1.29, 1.82) is 0 Å². The first-order valence-electron chi connectivity index (χ1n) is 5.60. The highest BCUT2D eigenvalue weighted by atomic mass is 16.5. The van der Waals surface area contributed by atoms with Crippen molar-refractivity contribution >= 4 is 5.97 Å². The summed E-state index contributed by atoms with van der Waals surface area (Å²) in [5, 5.41) is 0. The predicted octanol–water partition coefficient (Wildman–Crippen LogP) is 1.43. The molecule has 1 rings (SSSR count). The quantitative estimate of drug-likeness (QED) is 0.520. The minimum absolute atomic E-state index is 0.0699. The van der Waals surface area contributed by atoms with Gasteiger partial charge in [-0.3, -0.25) is 9.69 Å². The molecule has 0 aromatic heterocycles. The number of carbonyl (C=O) groups excluding carboxylic acids is 1. The molecule has 0 saturated carbocycles. The van der Waals surface area contributed by atoms with Gasteiger partial charge in [-0.15, -0.1) is 5.92 Å². The Morgan fingerprint density at radius 2 is 2.33 bits per heavy atom. The third-order valence-electron chi connectivity index (χ3n) is 2.63. The molecule has 1 aliphatic heterocycles. The van der Waals surface area contributed by atoms with Crippen LogP contribution < -0.4 is 0 Å². The average molecular weight is 209 g/mol. The molecule has 0 radical (unpaired) electrons. The Balaban J connectivity index is 2.55. The molecule has 3 nitrogen and oxygen atoms in total. The molecule has 1 unspecified atom stereocenters. The van der Waals surface area contributed by atoms with Gasteiger partial charge in [0.1, 0.15) is 6.04 Å². The van der Waals surface area contributed by atoms with E-state index in [2.05, 4.69) is 16.7 Å². The van der Waals surface area contributed by atoms with Crippen molar-refractivity contribution in [2.24, 2.45) is 0 Å². The zero-order valence-corrected chi connectivity index (χ0v) is 9.58. The highest BCUT2D eigenvalue weighted by Crippen LogP contribution is 2.17. The predicted molar refractivity (Wildman–Crippen MR) is 59.3 cm³/mol. The fraction of sp³-hybridized carbons (Fsp3) is 0.750. The molecule has 0 aliphatic carbocycles. The van der Waals surface area contributed by atoms with Gasteiger partial charge in [0.2, 0.25) is 0 Å². The molecule has 1 saturated heterocycles. The standard InChI is InChI=1S/C12H19NO2/c1-3-5-9-13-10-7-6-8-11(13)12(14)15-4-2/h11H,4,6-10H2,1-2H3. The maximum Gasteiger partial charge on any atom is 0.323 e. The number of esters is 1. The van der Waals surface area contributed by atoms with Gasteiger partial charge in [-0.05, 0) is 33.2 Å². The van der Waals surface area contributed by atoms with Crippen LogP contribution in [0.3, 0.4) is 0 Å². The zero-order chi connectivity index (χ0) is 11.1. The Kier molecular flexibility index (Phi) is 5.20. The van der Waals surface area contributed by atoms with E-state index in [0.29, 0.717) is 13.2 Å². The summed E-state index contributed by atoms with van der Waals surface area (Å²) in [5.41, 5.74) is 0. The maximum absolute atomic E-state index is 11.7. The highest BCUT2D eigenvalue weighted by Gasteiger charge is 2.28. The molecular weight excluding hydrogens is 190 g/mol. The van der Waals surface area contributed by atoms with Crippen LogP contribution in [0.2, 0.25) is 0 Å². The summed E-state index contributed by atoms with van der Waals surface area (Å²) < 4.78 is 5.06. The molecule has 0 aromatic rings. The number of likely N-dealkylation sites (tertiary alicyclic amines) is 1. The summed E-state index contributed by atoms with van der Waals surface area (Å²) >= 11 is 0. The molecule has 0 spiro atoms. The lowest BCUT2D eigenvalue weighted by Crippen LogP contribution is -2.45. The highest BCUT2D eigenvalue weighted by molar-refractivity contribution is 5.75. The summed E-state index contributed by atoms with van der Waals surface area (Å²) in [7, 11) is 0. The van der Waals surface area contributed by atoms with Crippen molar-refractivity contribution in [3.8, 4) is 11.8 Å². The van der Waals surface area contributed by atoms with Crippen molar-refractivity contribution < 1.29 is 9.53 Å². The number of carbonyl (C=O) groups is 1. The molecule has 15 heavy (non-hydrogen) atoms. The molecule has 0 amide bonds. The summed E-state index contributed by atoms with van der Waals surface area (Å²) in [5.74, 6) is 5.79. The molecule has 0 N–H and O–H groups in total. The summed E-state index contributed by atoms with van der Waals surface area (Å²) in [6.07, 6.45) is 3.17. The van der Waals surface area contributed by atoms with Crippen molar-refractivity contribution in [3.63, 3.8) is 0 Å². The third kappa shape index (κ3) is 3.56. The normalized spacial score (nSPS) is 21.6. The van der Waals surface area contributed by atoms with E-state index in [9.17, 15) is 4.79 Å². The number of nitrogens with zero attached hydrogens (tertiary/aromatic N) is 1. The van der Waals surface area contributed by atoms with E-state index in [4.69, 9.17) is 4.74 Å². The average Bonchev–Trinajstić information content (AvgIpc) is 2.27. The summed E-state index contributed by atoms with van der Waals surface area (Å²) in [6.45, 7) is 5.76. The van der Waals surface area contributed by atoms with Gasteiger partial charge < -0.3 is 4.74 Å². The fourth-order valence-electron chi connectivity index (χ4n) is 1.87. The monoisotopic (exact) mass is 209 g/mol. The third-order valence-corrected chi connectivity index (χ3v) is 2.63. The van der Waals surface area contributed by atoms with Crippen molar-refractivity contribution in [2.75, 3.05) is 19.7 Å². The Hall–Kier alpha value is -1.01. The Bertz CT molecular complexity index is 265. The van der Waals surface area contributed by atoms with E-state index in [1.807, 2.05) is 13.8 Å². The first-order chi connectivity index (χ1) is 7.29. The van der Waals surface area contributed by atoms with Crippen molar-refractivity contribution in [2.45, 2.75) is 39.2 Å². The minimum Gasteiger partial charge on any atom is -0.465 e. The van der Waals surface area contributed by atoms with Gasteiger partial charge in [0.05, 0.1) is 13.2 Å². The zero-order valence-electron chi connectivity index (χ0n) is 9.58. The molecule has 0 aromatic carbocycles. The molecule has 1 aliphatic rings. The largest absolute Gasteiger partial charge is 0.465 e. The Morgan fingerprint density at radius 1 is 1.53 bits per heavy atom. The maximum atomic E-state index is 11.7. The van der Waals surface area contributed by atoms with Crippen LogP contribution in [-0.2, 0) is 9.53 Å². The number of piperidine rings is 1. The van der Waals surface area contributed by atoms with E-state index >= 15 is 0 Å². The van der Waals surface area contributed by atoms with Gasteiger partial charge in [-0.1, -0.05) is 12.3 Å². The number of hydrogen-bond donors (Lipinski definition) is 0. The van der Waals surface area contributed by atoms with Crippen molar-refractivity contribution in [1.82, 2.24) is 4.90 Å². The first-order valence-corrected chi connectivity index (χ1v) is 5.60. The lowest BCUT2D eigenvalue weighted by molar-refractivity contribution is -0.150. The van der Waals surface area contributed by atoms with Gasteiger partial charge in [0.15, 0.2) is 0 Å². The van der Waals surface area contributed by atoms with Crippen LogP contribution in [-0.4, -0.2) is 36.6 Å². The molecule has 1 heterocycles. The van der Waals surface area contributed by atoms with E-state index in [1.54, 1.807) is 0 Å². The number of ether oxygens (including phenoxy) is 1. The first kappa shape index (κ1) is 12.1. The lowest BCUT2D eigenvalue weighted by Gasteiger charge is -2.32. The SMILES string of the molecule is CC#CCN1CCCCC1C(=O)OCC. The fourth-order valence-corrected chi connectivity index (χ4v) is 1.87. The second-order valence-electron chi connectivity index (χ2n) is 3.66. The molecule has 1 fully saturated rings. The second-order valence-corrected chi connectivity index (χ2v) is 3.66. The van der Waals surface area contributed by atoms with Crippen molar-refractivity contribution in [3.05, 3.63) is 0 Å². The van der Waals surface area contributed by atoms with Crippen LogP contribution in [0.1, 0.15) is 33.1 Å². The molecule has 84 valence electrons. The Labute approximate surface area is 91.8 Å². The van der Waals surface area contributed by atoms with Crippen LogP contribution in [0.4, 0.5) is 0 Å². The second kappa shape index (κ2) is 6.47. The van der Waals surface area contributed by atoms with Gasteiger partial charge in [0, 0.05) is 0 Å². The number of rotatable bonds is 3. The van der Waals surface area contributed by atoms with Gasteiger partial charge in [-0.25, -0.2) is 0 Å². The smallest absolute Gasteiger partial charge is 0.323 e. The summed E-state index contributed by atoms with van der Waals surface area (Å²) in [6, 6.07) is -0.0699. The minimum atomic E-state index is -0.0879. The van der Waals surface area contributed by atoms with Gasteiger partial charge in [-0.2, -0.15) is 0 Å². The molecule has 1 atom stereocenters. The van der Waals surface area contributed by atoms with E-state index in [0.717, 1.165) is 25.8 Å². The molecule has 0 bridgehead atoms. The van der Waals surface area contributed by atoms with Gasteiger partial charge in [0.25, 0.3) is 0 Å². The van der Waals surface area contributed by atoms with E-state index in [-0.39, 0.29) is 12.0 Å². The van der Waals surface area contributed by atoms with Crippen LogP contribution in [0, 0.1) is 11.8 Å². The summed E-state index contributed by atoms with van der Waals surface area (Å²) in [4.78, 5) is 13.8. The molecular formula is C12H19NO2. The van der Waals surface area contributed by atoms with Crippen LogP contribution in [0.25, 0.3) is 0 Å². The topological polar surface area (TPSA) is 29.5 Å². The number of hydrogen-bond acceptors (Lipinski definition) is 3. The van der Waals surface area contributed by atoms with Crippen LogP contribution in [0.5, 0.6) is 0 Å². The van der Waals surface area contributed by atoms with Gasteiger partial charge >= 0.3 is 5.97 Å². The van der Waals surface area contributed by atoms with Crippen LogP contribution in [0.15, 0.2) is 0 Å². The Morgan fingerprint density at radius 3 is 3.00 bits per heavy atom. The van der Waals surface area contributed by atoms with E-state index < -0.39 is 0 Å². The molecule has 3 heteroatoms. The lowest BCUT2D eigenvalue weighted by atomic mass is 10.0.